The second-order valence-corrected chi connectivity index (χ2v) is 5.00. The van der Waals surface area contributed by atoms with E-state index < -0.39 is 11.7 Å². The molecule has 0 saturated carbocycles. The normalized spacial score (nSPS) is 13.6. The van der Waals surface area contributed by atoms with Crippen molar-refractivity contribution in [2.45, 2.75) is 23.5 Å². The molecule has 3 nitrogen and oxygen atoms in total. The number of thioether (sulfide) groups is 1. The molecule has 0 unspecified atom stereocenters. The van der Waals surface area contributed by atoms with Gasteiger partial charge in [0.25, 0.3) is 0 Å². The van der Waals surface area contributed by atoms with Crippen molar-refractivity contribution in [1.82, 2.24) is 15.2 Å². The van der Waals surface area contributed by atoms with Gasteiger partial charge in [-0.2, -0.15) is 18.3 Å². The van der Waals surface area contributed by atoms with Gasteiger partial charge >= 0.3 is 6.18 Å². The summed E-state index contributed by atoms with van der Waals surface area (Å²) in [5.41, 5.74) is 0.174. The van der Waals surface area contributed by atoms with Crippen LogP contribution in [0.2, 0.25) is 0 Å². The summed E-state index contributed by atoms with van der Waals surface area (Å²) in [6.07, 6.45) is -2.90. The van der Waals surface area contributed by atoms with Crippen molar-refractivity contribution >= 4 is 11.8 Å². The Bertz CT molecular complexity index is 493. The van der Waals surface area contributed by atoms with Gasteiger partial charge in [-0.15, -0.1) is 0 Å². The lowest BCUT2D eigenvalue weighted by Gasteiger charge is -2.11. The van der Waals surface area contributed by atoms with E-state index in [9.17, 15) is 13.2 Å². The molecule has 2 aromatic rings. The predicted octanol–water partition coefficient (Wildman–Crippen LogP) is 3.68. The summed E-state index contributed by atoms with van der Waals surface area (Å²) in [6, 6.07) is 5.15. The first-order valence-electron chi connectivity index (χ1n) is 5.16. The van der Waals surface area contributed by atoms with E-state index in [0.29, 0.717) is 5.16 Å². The van der Waals surface area contributed by atoms with E-state index in [1.807, 2.05) is 6.92 Å². The summed E-state index contributed by atoms with van der Waals surface area (Å²) in [5, 5.41) is 7.05. The first kappa shape index (κ1) is 12.9. The van der Waals surface area contributed by atoms with Crippen LogP contribution in [-0.2, 0) is 6.18 Å². The van der Waals surface area contributed by atoms with Gasteiger partial charge in [0.15, 0.2) is 5.16 Å². The number of halogens is 3. The predicted molar refractivity (Wildman–Crippen MR) is 62.1 cm³/mol. The molecule has 1 N–H and O–H groups in total. The van der Waals surface area contributed by atoms with Gasteiger partial charge in [-0.05, 0) is 24.6 Å². The fraction of sp³-hybridized carbons (Fsp3) is 0.273. The third kappa shape index (κ3) is 3.04. The lowest BCUT2D eigenvalue weighted by atomic mass is 10.1. The molecule has 1 heterocycles. The van der Waals surface area contributed by atoms with Gasteiger partial charge < -0.3 is 0 Å². The Labute approximate surface area is 106 Å². The third-order valence-electron chi connectivity index (χ3n) is 2.39. The SMILES string of the molecule is C[C@H](Sc1ncn[nH]1)c1ccc(C(F)(F)F)cc1. The van der Waals surface area contributed by atoms with Gasteiger partial charge in [-0.25, -0.2) is 4.98 Å². The maximum Gasteiger partial charge on any atom is 0.416 e. The van der Waals surface area contributed by atoms with Crippen molar-refractivity contribution in [3.63, 3.8) is 0 Å². The Balaban J connectivity index is 2.10. The van der Waals surface area contributed by atoms with Crippen LogP contribution in [0.5, 0.6) is 0 Å². The van der Waals surface area contributed by atoms with Crippen LogP contribution in [0, 0.1) is 0 Å². The molecule has 0 spiro atoms. The lowest BCUT2D eigenvalue weighted by Crippen LogP contribution is -2.04. The first-order chi connectivity index (χ1) is 8.47. The maximum absolute atomic E-state index is 12.4. The van der Waals surface area contributed by atoms with Crippen molar-refractivity contribution < 1.29 is 13.2 Å². The zero-order valence-corrected chi connectivity index (χ0v) is 10.2. The average Bonchev–Trinajstić information content (AvgIpc) is 2.81. The van der Waals surface area contributed by atoms with Crippen LogP contribution in [0.15, 0.2) is 35.7 Å². The highest BCUT2D eigenvalue weighted by molar-refractivity contribution is 7.99. The minimum absolute atomic E-state index is 0.000216. The van der Waals surface area contributed by atoms with Gasteiger partial charge in [0.2, 0.25) is 0 Å². The molecule has 2 rings (SSSR count). The molecule has 0 bridgehead atoms. The van der Waals surface area contributed by atoms with Crippen LogP contribution in [0.3, 0.4) is 0 Å². The molecule has 0 fully saturated rings. The van der Waals surface area contributed by atoms with Crippen LogP contribution >= 0.6 is 11.8 Å². The molecule has 0 radical (unpaired) electrons. The highest BCUT2D eigenvalue weighted by Crippen LogP contribution is 2.34. The Hall–Kier alpha value is -1.50. The van der Waals surface area contributed by atoms with E-state index in [1.54, 1.807) is 0 Å². The topological polar surface area (TPSA) is 41.6 Å². The molecule has 1 aromatic carbocycles. The number of aromatic amines is 1. The first-order valence-corrected chi connectivity index (χ1v) is 6.04. The van der Waals surface area contributed by atoms with Crippen molar-refractivity contribution in [3.8, 4) is 0 Å². The van der Waals surface area contributed by atoms with Crippen molar-refractivity contribution in [2.24, 2.45) is 0 Å². The van der Waals surface area contributed by atoms with Gasteiger partial charge in [0.1, 0.15) is 6.33 Å². The largest absolute Gasteiger partial charge is 0.416 e. The summed E-state index contributed by atoms with van der Waals surface area (Å²) in [5.74, 6) is 0. The second kappa shape index (κ2) is 5.01. The Kier molecular flexibility index (Phi) is 3.60. The van der Waals surface area contributed by atoms with Crippen LogP contribution in [0.4, 0.5) is 13.2 Å². The molecular weight excluding hydrogens is 263 g/mol. The van der Waals surface area contributed by atoms with Crippen molar-refractivity contribution in [2.75, 3.05) is 0 Å². The molecule has 18 heavy (non-hydrogen) atoms. The fourth-order valence-electron chi connectivity index (χ4n) is 1.43. The average molecular weight is 273 g/mol. The number of hydrogen-bond donors (Lipinski definition) is 1. The van der Waals surface area contributed by atoms with E-state index in [1.165, 1.54) is 30.2 Å². The minimum Gasteiger partial charge on any atom is -0.254 e. The van der Waals surface area contributed by atoms with Gasteiger partial charge in [-0.1, -0.05) is 23.9 Å². The maximum atomic E-state index is 12.4. The number of rotatable bonds is 3. The molecule has 0 aliphatic rings. The monoisotopic (exact) mass is 273 g/mol. The van der Waals surface area contributed by atoms with Crippen molar-refractivity contribution in [3.05, 3.63) is 41.7 Å². The van der Waals surface area contributed by atoms with Gasteiger partial charge in [0, 0.05) is 5.25 Å². The minimum atomic E-state index is -4.29. The Morgan fingerprint density at radius 3 is 2.39 bits per heavy atom. The summed E-state index contributed by atoms with van der Waals surface area (Å²) < 4.78 is 37.2. The standard InChI is InChI=1S/C11H10F3N3S/c1-7(18-10-15-6-16-17-10)8-2-4-9(5-3-8)11(12,13)14/h2-7H,1H3,(H,15,16,17)/t7-/m0/s1. The lowest BCUT2D eigenvalue weighted by molar-refractivity contribution is -0.137. The molecule has 7 heteroatoms. The van der Waals surface area contributed by atoms with Crippen LogP contribution in [0.1, 0.15) is 23.3 Å². The molecular formula is C11H10F3N3S. The number of H-pyrrole nitrogens is 1. The van der Waals surface area contributed by atoms with E-state index in [4.69, 9.17) is 0 Å². The molecule has 1 atom stereocenters. The smallest absolute Gasteiger partial charge is 0.254 e. The number of nitrogens with one attached hydrogen (secondary N) is 1. The molecule has 0 aliphatic heterocycles. The van der Waals surface area contributed by atoms with E-state index in [0.717, 1.165) is 17.7 Å². The van der Waals surface area contributed by atoms with Gasteiger partial charge in [-0.3, -0.25) is 5.10 Å². The van der Waals surface area contributed by atoms with E-state index >= 15 is 0 Å². The number of nitrogens with zero attached hydrogens (tertiary/aromatic N) is 2. The summed E-state index contributed by atoms with van der Waals surface area (Å²) in [6.45, 7) is 1.90. The van der Waals surface area contributed by atoms with Gasteiger partial charge in [0.05, 0.1) is 5.56 Å². The summed E-state index contributed by atoms with van der Waals surface area (Å²) in [7, 11) is 0. The zero-order chi connectivity index (χ0) is 13.2. The number of benzene rings is 1. The van der Waals surface area contributed by atoms with Crippen LogP contribution in [-0.4, -0.2) is 15.2 Å². The number of aromatic nitrogens is 3. The summed E-state index contributed by atoms with van der Waals surface area (Å²) in [4.78, 5) is 3.95. The van der Waals surface area contributed by atoms with Crippen LogP contribution < -0.4 is 0 Å². The zero-order valence-electron chi connectivity index (χ0n) is 9.40. The third-order valence-corrected chi connectivity index (χ3v) is 3.43. The quantitative estimate of drug-likeness (QED) is 0.867. The Morgan fingerprint density at radius 1 is 1.22 bits per heavy atom. The van der Waals surface area contributed by atoms with Crippen LogP contribution in [0.25, 0.3) is 0 Å². The highest BCUT2D eigenvalue weighted by atomic mass is 32.2. The van der Waals surface area contributed by atoms with Crippen molar-refractivity contribution in [1.29, 1.82) is 0 Å². The number of hydrogen-bond acceptors (Lipinski definition) is 3. The molecule has 0 aliphatic carbocycles. The van der Waals surface area contributed by atoms with E-state index in [-0.39, 0.29) is 5.25 Å². The molecule has 96 valence electrons. The summed E-state index contributed by atoms with van der Waals surface area (Å²) >= 11 is 1.41. The molecule has 1 aromatic heterocycles. The number of alkyl halides is 3. The highest BCUT2D eigenvalue weighted by Gasteiger charge is 2.30. The Morgan fingerprint density at radius 2 is 1.89 bits per heavy atom. The molecule has 0 saturated heterocycles. The molecule has 0 amide bonds. The van der Waals surface area contributed by atoms with E-state index in [2.05, 4.69) is 15.2 Å². The second-order valence-electron chi connectivity index (χ2n) is 3.67. The fourth-order valence-corrected chi connectivity index (χ4v) is 2.27.